The molecule has 0 atom stereocenters. The van der Waals surface area contributed by atoms with Gasteiger partial charge in [-0.3, -0.25) is 0 Å². The number of nitrogens with one attached hydrogen (secondary N) is 2. The van der Waals surface area contributed by atoms with E-state index in [2.05, 4.69) is 34.7 Å². The average Bonchev–Trinajstić information content (AvgIpc) is 3.13. The third-order valence-electron chi connectivity index (χ3n) is 4.37. The van der Waals surface area contributed by atoms with Crippen LogP contribution in [0.1, 0.15) is 12.5 Å². The number of anilines is 2. The van der Waals surface area contributed by atoms with E-state index in [-0.39, 0.29) is 5.75 Å². The maximum Gasteiger partial charge on any atom is 0.175 e. The van der Waals surface area contributed by atoms with Crippen LogP contribution in [0.3, 0.4) is 0 Å². The average molecular weight is 406 g/mol. The number of rotatable bonds is 4. The van der Waals surface area contributed by atoms with Crippen molar-refractivity contribution in [1.82, 2.24) is 4.98 Å². The Morgan fingerprint density at radius 2 is 1.79 bits per heavy atom. The van der Waals surface area contributed by atoms with Crippen LogP contribution in [0.2, 0.25) is 0 Å². The van der Waals surface area contributed by atoms with E-state index < -0.39 is 0 Å². The van der Waals surface area contributed by atoms with Gasteiger partial charge in [-0.2, -0.15) is 0 Å². The molecular formula is C22H19N3OS2. The summed E-state index contributed by atoms with van der Waals surface area (Å²) in [5.41, 5.74) is 4.59. The molecule has 0 bridgehead atoms. The van der Waals surface area contributed by atoms with E-state index in [9.17, 15) is 5.11 Å². The molecule has 4 nitrogen and oxygen atoms in total. The molecule has 1 aromatic heterocycles. The third kappa shape index (κ3) is 3.98. The number of benzene rings is 3. The third-order valence-corrected chi connectivity index (χ3v) is 5.65. The van der Waals surface area contributed by atoms with E-state index >= 15 is 0 Å². The van der Waals surface area contributed by atoms with Crippen molar-refractivity contribution < 1.29 is 5.11 Å². The zero-order valence-electron chi connectivity index (χ0n) is 15.3. The molecule has 0 radical (unpaired) electrons. The van der Waals surface area contributed by atoms with Gasteiger partial charge in [0.15, 0.2) is 5.11 Å². The van der Waals surface area contributed by atoms with Gasteiger partial charge in [0.1, 0.15) is 10.8 Å². The number of fused-ring (bicyclic) bond motifs is 1. The Balaban J connectivity index is 1.55. The minimum atomic E-state index is 0.194. The Morgan fingerprint density at radius 3 is 2.57 bits per heavy atom. The number of aryl methyl sites for hydroxylation is 1. The van der Waals surface area contributed by atoms with Crippen molar-refractivity contribution in [2.45, 2.75) is 13.3 Å². The van der Waals surface area contributed by atoms with E-state index in [4.69, 9.17) is 12.2 Å². The summed E-state index contributed by atoms with van der Waals surface area (Å²) in [5.74, 6) is 0.194. The molecule has 0 saturated heterocycles. The molecule has 4 rings (SSSR count). The predicted molar refractivity (Wildman–Crippen MR) is 122 cm³/mol. The number of thiocarbonyl (C=S) groups is 1. The maximum atomic E-state index is 10.3. The molecule has 0 unspecified atom stereocenters. The number of hydrogen-bond donors (Lipinski definition) is 3. The number of hydrogen-bond acceptors (Lipinski definition) is 4. The molecule has 6 heteroatoms. The van der Waals surface area contributed by atoms with E-state index in [1.165, 1.54) is 5.56 Å². The Morgan fingerprint density at radius 1 is 1.00 bits per heavy atom. The Hall–Kier alpha value is -2.96. The van der Waals surface area contributed by atoms with Crippen molar-refractivity contribution in [2.24, 2.45) is 0 Å². The van der Waals surface area contributed by atoms with Gasteiger partial charge in [0.2, 0.25) is 0 Å². The van der Waals surface area contributed by atoms with Gasteiger partial charge < -0.3 is 15.7 Å². The summed E-state index contributed by atoms with van der Waals surface area (Å²) in [6.07, 6.45) is 0.971. The highest BCUT2D eigenvalue weighted by Crippen LogP contribution is 2.36. The minimum absolute atomic E-state index is 0.194. The first kappa shape index (κ1) is 18.4. The highest BCUT2D eigenvalue weighted by atomic mass is 32.1. The second kappa shape index (κ2) is 7.96. The number of phenols is 1. The van der Waals surface area contributed by atoms with Gasteiger partial charge in [-0.15, -0.1) is 11.3 Å². The SMILES string of the molecule is CCc1cccc(NC(=S)Nc2ccc(O)c(-c3nc4ccccc4s3)c2)c1. The number of aromatic hydroxyl groups is 1. The Labute approximate surface area is 172 Å². The fourth-order valence-electron chi connectivity index (χ4n) is 2.93. The van der Waals surface area contributed by atoms with Crippen LogP contribution in [-0.4, -0.2) is 15.2 Å². The summed E-state index contributed by atoms with van der Waals surface area (Å²) in [5, 5.41) is 18.0. The second-order valence-electron chi connectivity index (χ2n) is 6.35. The van der Waals surface area contributed by atoms with Crippen LogP contribution in [0.5, 0.6) is 5.75 Å². The Bertz CT molecular complexity index is 1120. The van der Waals surface area contributed by atoms with Crippen LogP contribution in [0.15, 0.2) is 66.7 Å². The highest BCUT2D eigenvalue weighted by molar-refractivity contribution is 7.80. The number of phenolic OH excluding ortho intramolecular Hbond substituents is 1. The second-order valence-corrected chi connectivity index (χ2v) is 7.79. The fourth-order valence-corrected chi connectivity index (χ4v) is 4.16. The topological polar surface area (TPSA) is 57.2 Å². The first-order valence-corrected chi connectivity index (χ1v) is 10.2. The van der Waals surface area contributed by atoms with Gasteiger partial charge in [0, 0.05) is 11.4 Å². The highest BCUT2D eigenvalue weighted by Gasteiger charge is 2.12. The van der Waals surface area contributed by atoms with Gasteiger partial charge in [0.05, 0.1) is 15.8 Å². The lowest BCUT2D eigenvalue weighted by Gasteiger charge is -2.12. The summed E-state index contributed by atoms with van der Waals surface area (Å²) in [7, 11) is 0. The predicted octanol–water partition coefficient (Wildman–Crippen LogP) is 6.04. The maximum absolute atomic E-state index is 10.3. The van der Waals surface area contributed by atoms with Crippen LogP contribution in [-0.2, 0) is 6.42 Å². The number of para-hydroxylation sites is 1. The lowest BCUT2D eigenvalue weighted by molar-refractivity contribution is 0.477. The smallest absolute Gasteiger partial charge is 0.175 e. The standard InChI is InChI=1S/C22H19N3OS2/c1-2-14-6-5-7-15(12-14)23-22(27)24-16-10-11-19(26)17(13-16)21-25-18-8-3-4-9-20(18)28-21/h3-13,26H,2H2,1H3,(H2,23,24,27). The molecule has 0 spiro atoms. The summed E-state index contributed by atoms with van der Waals surface area (Å²) in [6.45, 7) is 2.12. The normalized spacial score (nSPS) is 10.8. The van der Waals surface area contributed by atoms with Crippen LogP contribution in [0, 0.1) is 0 Å². The number of aromatic nitrogens is 1. The quantitative estimate of drug-likeness (QED) is 0.285. The molecule has 4 aromatic rings. The molecule has 0 aliphatic heterocycles. The summed E-state index contributed by atoms with van der Waals surface area (Å²) in [6, 6.07) is 21.4. The zero-order valence-corrected chi connectivity index (χ0v) is 16.9. The monoisotopic (exact) mass is 405 g/mol. The van der Waals surface area contributed by atoms with Crippen LogP contribution in [0.25, 0.3) is 20.8 Å². The van der Waals surface area contributed by atoms with Crippen molar-refractivity contribution in [3.63, 3.8) is 0 Å². The summed E-state index contributed by atoms with van der Waals surface area (Å²) in [4.78, 5) is 4.63. The van der Waals surface area contributed by atoms with Gasteiger partial charge in [0.25, 0.3) is 0 Å². The van der Waals surface area contributed by atoms with E-state index in [0.717, 1.165) is 33.0 Å². The molecule has 0 saturated carbocycles. The van der Waals surface area contributed by atoms with Crippen molar-refractivity contribution in [1.29, 1.82) is 0 Å². The van der Waals surface area contributed by atoms with Gasteiger partial charge >= 0.3 is 0 Å². The first-order chi connectivity index (χ1) is 13.6. The molecule has 3 aromatic carbocycles. The van der Waals surface area contributed by atoms with Crippen LogP contribution in [0.4, 0.5) is 11.4 Å². The van der Waals surface area contributed by atoms with Crippen molar-refractivity contribution in [3.8, 4) is 16.3 Å². The van der Waals surface area contributed by atoms with Crippen molar-refractivity contribution >= 4 is 50.3 Å². The lowest BCUT2D eigenvalue weighted by atomic mass is 10.1. The summed E-state index contributed by atoms with van der Waals surface area (Å²) < 4.78 is 1.09. The summed E-state index contributed by atoms with van der Waals surface area (Å²) >= 11 is 7.00. The van der Waals surface area contributed by atoms with E-state index in [1.807, 2.05) is 42.5 Å². The molecule has 0 fully saturated rings. The molecule has 0 aliphatic carbocycles. The van der Waals surface area contributed by atoms with Crippen molar-refractivity contribution in [2.75, 3.05) is 10.6 Å². The van der Waals surface area contributed by atoms with Crippen LogP contribution < -0.4 is 10.6 Å². The molecule has 1 heterocycles. The molecule has 28 heavy (non-hydrogen) atoms. The van der Waals surface area contributed by atoms with Crippen LogP contribution >= 0.6 is 23.6 Å². The van der Waals surface area contributed by atoms with E-state index in [1.54, 1.807) is 23.5 Å². The van der Waals surface area contributed by atoms with Gasteiger partial charge in [-0.25, -0.2) is 4.98 Å². The van der Waals surface area contributed by atoms with Crippen molar-refractivity contribution in [3.05, 3.63) is 72.3 Å². The fraction of sp³-hybridized carbons (Fsp3) is 0.0909. The van der Waals surface area contributed by atoms with Gasteiger partial charge in [-0.1, -0.05) is 31.2 Å². The zero-order chi connectivity index (χ0) is 19.5. The van der Waals surface area contributed by atoms with Gasteiger partial charge in [-0.05, 0) is 66.7 Å². The Kier molecular flexibility index (Phi) is 5.23. The number of nitrogens with zero attached hydrogens (tertiary/aromatic N) is 1. The van der Waals surface area contributed by atoms with E-state index in [0.29, 0.717) is 10.7 Å². The molecular weight excluding hydrogens is 386 g/mol. The lowest BCUT2D eigenvalue weighted by Crippen LogP contribution is -2.19. The molecule has 0 amide bonds. The minimum Gasteiger partial charge on any atom is -0.507 e. The molecule has 3 N–H and O–H groups in total. The largest absolute Gasteiger partial charge is 0.507 e. The first-order valence-electron chi connectivity index (χ1n) is 8.98. The molecule has 140 valence electrons. The number of thiazole rings is 1. The molecule has 0 aliphatic rings.